The molecule has 0 fully saturated rings. The molecular formula is C108H2. The van der Waals surface area contributed by atoms with Gasteiger partial charge in [-0.15, -0.1) is 12.8 Å². The molecule has 0 bridgehead atoms. The van der Waals surface area contributed by atoms with Crippen LogP contribution in [-0.4, -0.2) is 0 Å². The summed E-state index contributed by atoms with van der Waals surface area (Å²) in [5, 5.41) is 0. The fourth-order valence-electron chi connectivity index (χ4n) is 3.26. The zero-order valence-corrected chi connectivity index (χ0v) is 54.2. The summed E-state index contributed by atoms with van der Waals surface area (Å²) in [5.41, 5.74) is 0. The molecule has 0 aromatic rings. The van der Waals surface area contributed by atoms with Crippen LogP contribution in [0.5, 0.6) is 0 Å². The highest BCUT2D eigenvalue weighted by molar-refractivity contribution is 5.57. The van der Waals surface area contributed by atoms with Gasteiger partial charge in [0.25, 0.3) is 0 Å². The zero-order valence-electron chi connectivity index (χ0n) is 54.2. The van der Waals surface area contributed by atoms with E-state index >= 15 is 0 Å². The molecule has 0 amide bonds. The molecular weight excluding hydrogens is 1300 g/mol. The van der Waals surface area contributed by atoms with Crippen molar-refractivity contribution in [3.8, 4) is 640 Å². The zero-order chi connectivity index (χ0) is 77.0. The van der Waals surface area contributed by atoms with E-state index in [1.807, 2.05) is 0 Å². The van der Waals surface area contributed by atoms with Crippen LogP contribution in [0.25, 0.3) is 0 Å². The van der Waals surface area contributed by atoms with E-state index in [2.05, 4.69) is 628 Å². The predicted octanol–water partition coefficient (Wildman–Crippen LogP) is 0.430. The normalized spacial score (nSPS) is 3.94. The molecule has 0 rings (SSSR count). The Bertz CT molecular complexity index is 7250. The first kappa shape index (κ1) is 84.2. The molecule has 0 saturated heterocycles. The van der Waals surface area contributed by atoms with E-state index in [-0.39, 0.29) is 0 Å². The maximum Gasteiger partial charge on any atom is 0 e. The van der Waals surface area contributed by atoms with E-state index < -0.39 is 0 Å². The molecule has 0 unspecified atom stereocenters. The molecule has 0 aliphatic rings. The van der Waals surface area contributed by atoms with Crippen molar-refractivity contribution in [2.75, 3.05) is 0 Å². The highest BCUT2D eigenvalue weighted by Gasteiger charge is 1.68. The molecule has 0 saturated carbocycles. The van der Waals surface area contributed by atoms with Crippen molar-refractivity contribution in [3.63, 3.8) is 0 Å². The standard InChI is InChI=1S/C108H2/c1-3-5-7-9-11-13-15-17-19-21-23-25-27-29-31-33-35-37-39-41-43-45-47-49-51-53-55-57-59-61-63-65-67-69-71-73-75-77-79-81-83-85-87-89-91-93-95-97-99-101-103-105-107-108-106-104-102-100-98-96-94-92-90-88-86-84-82-80-78-76-74-72-70-68-66-64-62-60-58-56-54-52-50-48-46-44-42-40-38-36-34-32-30-28-26-24-22-20-18-16-14-12-10-8-6-4-2/h1-2H. The summed E-state index contributed by atoms with van der Waals surface area (Å²) >= 11 is 0. The summed E-state index contributed by atoms with van der Waals surface area (Å²) in [7, 11) is 0. The Morgan fingerprint density at radius 3 is 0.102 bits per heavy atom. The molecule has 0 spiro atoms. The number of rotatable bonds is 0. The van der Waals surface area contributed by atoms with Crippen molar-refractivity contribution in [1.29, 1.82) is 0 Å². The van der Waals surface area contributed by atoms with E-state index in [1.54, 1.807) is 0 Å². The molecule has 0 atom stereocenters. The molecule has 108 heavy (non-hydrogen) atoms. The third kappa shape index (κ3) is 82.2. The van der Waals surface area contributed by atoms with E-state index in [4.69, 9.17) is 12.8 Å². The quantitative estimate of drug-likeness (QED) is 0.310. The molecule has 0 aliphatic carbocycles. The van der Waals surface area contributed by atoms with Crippen LogP contribution in [0.2, 0.25) is 0 Å². The second-order valence-corrected chi connectivity index (χ2v) is 13.3. The van der Waals surface area contributed by atoms with Gasteiger partial charge in [-0.1, -0.05) is 0 Å². The van der Waals surface area contributed by atoms with Gasteiger partial charge < -0.3 is 0 Å². The summed E-state index contributed by atoms with van der Waals surface area (Å²) in [6, 6.07) is 0. The van der Waals surface area contributed by atoms with Crippen LogP contribution >= 0.6 is 0 Å². The monoisotopic (exact) mass is 1300 g/mol. The molecule has 0 heteroatoms. The largest absolute Gasteiger partial charge is 0.106 e. The van der Waals surface area contributed by atoms with Crippen molar-refractivity contribution in [2.45, 2.75) is 0 Å². The Labute approximate surface area is 636 Å². The highest BCUT2D eigenvalue weighted by Crippen LogP contribution is 1.68. The second kappa shape index (κ2) is 83.2. The van der Waals surface area contributed by atoms with E-state index in [1.165, 1.54) is 0 Å². The van der Waals surface area contributed by atoms with Crippen LogP contribution in [0.15, 0.2) is 0 Å². The van der Waals surface area contributed by atoms with Crippen molar-refractivity contribution >= 4 is 0 Å². The third-order valence-electron chi connectivity index (χ3n) is 6.58. The molecule has 0 aliphatic heterocycles. The summed E-state index contributed by atoms with van der Waals surface area (Å²) in [4.78, 5) is 0. The van der Waals surface area contributed by atoms with Crippen LogP contribution in [-0.2, 0) is 0 Å². The van der Waals surface area contributed by atoms with Gasteiger partial charge >= 0.3 is 0 Å². The Morgan fingerprint density at radius 1 is 0.0463 bits per heavy atom. The minimum Gasteiger partial charge on any atom is -0.106 e. The maximum atomic E-state index is 4.95. The second-order valence-electron chi connectivity index (χ2n) is 13.3. The molecule has 0 nitrogen and oxygen atoms in total. The summed E-state index contributed by atoms with van der Waals surface area (Å²) in [5.74, 6) is 263. The van der Waals surface area contributed by atoms with Gasteiger partial charge in [0.15, 0.2) is 0 Å². The van der Waals surface area contributed by atoms with Gasteiger partial charge in [0.05, 0.1) is 0 Å². The molecule has 0 aromatic carbocycles. The number of hydrogen-bond donors (Lipinski definition) is 0. The minimum atomic E-state index is 2.12. The van der Waals surface area contributed by atoms with Crippen molar-refractivity contribution in [3.05, 3.63) is 0 Å². The third-order valence-corrected chi connectivity index (χ3v) is 6.58. The Balaban J connectivity index is 4.64. The topological polar surface area (TPSA) is 0 Å². The predicted molar refractivity (Wildman–Crippen MR) is 422 cm³/mol. The lowest BCUT2D eigenvalue weighted by Gasteiger charge is -1.58. The SMILES string of the molecule is C#CC#CC#CC#CC#CC#CC#CC#CC#CC#CC#CC#CC#CC#CC#CC#CC#CC#CC#CC#CC#CC#CC#CC#CC#CC#CC#CC#CC#CC#CC#CC#CC#CC#CC#CC#CC#CC#CC#CC#CC#CC#CC#CC#CC#CC#CC#CC#CC#CC#CC#CC#CC#CC#C. The number of terminal acetylenes is 2. The molecule has 0 radical (unpaired) electrons. The van der Waals surface area contributed by atoms with Gasteiger partial charge in [-0.2, -0.15) is 0 Å². The van der Waals surface area contributed by atoms with Gasteiger partial charge in [-0.3, -0.25) is 0 Å². The van der Waals surface area contributed by atoms with Crippen LogP contribution in [0.4, 0.5) is 0 Å². The maximum absolute atomic E-state index is 4.95. The van der Waals surface area contributed by atoms with Crippen LogP contribution in [0, 0.1) is 640 Å². The smallest absolute Gasteiger partial charge is 0 e. The fourth-order valence-corrected chi connectivity index (χ4v) is 3.26. The first-order valence-electron chi connectivity index (χ1n) is 26.8. The molecule has 0 aromatic heterocycles. The molecule has 434 valence electrons. The molecule has 0 N–H and O–H groups in total. The van der Waals surface area contributed by atoms with E-state index in [0.29, 0.717) is 0 Å². The van der Waals surface area contributed by atoms with Gasteiger partial charge in [0.2, 0.25) is 0 Å². The van der Waals surface area contributed by atoms with Crippen molar-refractivity contribution in [1.82, 2.24) is 0 Å². The summed E-state index contributed by atoms with van der Waals surface area (Å²) in [6.45, 7) is 0. The van der Waals surface area contributed by atoms with Gasteiger partial charge in [0.1, 0.15) is 0 Å². The van der Waals surface area contributed by atoms with Gasteiger partial charge in [0, 0.05) is 533 Å². The van der Waals surface area contributed by atoms with Gasteiger partial charge in [-0.25, -0.2) is 0 Å². The first-order chi connectivity index (χ1) is 53.9. The lowest BCUT2D eigenvalue weighted by Crippen LogP contribution is -1.57. The Morgan fingerprint density at radius 2 is 0.0741 bits per heavy atom. The lowest BCUT2D eigenvalue weighted by molar-refractivity contribution is 2.31. The minimum absolute atomic E-state index is 2.12. The van der Waals surface area contributed by atoms with Crippen LogP contribution < -0.4 is 0 Å². The number of hydrogen-bond acceptors (Lipinski definition) is 0. The Kier molecular flexibility index (Phi) is 64.9. The first-order valence-corrected chi connectivity index (χ1v) is 26.8. The van der Waals surface area contributed by atoms with Crippen molar-refractivity contribution in [2.24, 2.45) is 0 Å². The molecule has 0 heterocycles. The average molecular weight is 1300 g/mol. The van der Waals surface area contributed by atoms with E-state index in [0.717, 1.165) is 0 Å². The van der Waals surface area contributed by atoms with Crippen LogP contribution in [0.1, 0.15) is 0 Å². The average Bonchev–Trinajstić information content (AvgIpc) is 3.89. The van der Waals surface area contributed by atoms with Crippen LogP contribution in [0.3, 0.4) is 0 Å². The highest BCUT2D eigenvalue weighted by atomic mass is 13.7. The van der Waals surface area contributed by atoms with Crippen molar-refractivity contribution < 1.29 is 0 Å². The fraction of sp³-hybridized carbons (Fsp3) is 0. The lowest BCUT2D eigenvalue weighted by atomic mass is 10.4. The van der Waals surface area contributed by atoms with E-state index in [9.17, 15) is 0 Å². The van der Waals surface area contributed by atoms with Gasteiger partial charge in [-0.05, 0) is 94.7 Å². The summed E-state index contributed by atoms with van der Waals surface area (Å²) in [6.07, 6.45) is 9.91. The Hall–Kier alpha value is -23.8. The summed E-state index contributed by atoms with van der Waals surface area (Å²) < 4.78 is 0.